The average Bonchev–Trinajstić information content (AvgIpc) is 2.85. The molecule has 0 saturated carbocycles. The number of carboxylic acid groups (broad SMARTS) is 1. The fourth-order valence-corrected chi connectivity index (χ4v) is 2.79. The minimum absolute atomic E-state index is 0.0209. The van der Waals surface area contributed by atoms with Crippen LogP contribution in [0.25, 0.3) is 27.7 Å². The van der Waals surface area contributed by atoms with E-state index in [1.165, 1.54) is 0 Å². The third-order valence-corrected chi connectivity index (χ3v) is 3.73. The Bertz CT molecular complexity index is 956. The van der Waals surface area contributed by atoms with Crippen molar-refractivity contribution in [1.82, 2.24) is 9.38 Å². The Morgan fingerprint density at radius 3 is 2.81 bits per heavy atom. The molecule has 0 radical (unpaired) electrons. The lowest BCUT2D eigenvalue weighted by atomic mass is 10.1. The molecule has 0 bridgehead atoms. The Balaban J connectivity index is 2.04. The first-order valence-electron chi connectivity index (χ1n) is 6.72. The molecule has 0 atom stereocenters. The van der Waals surface area contributed by atoms with Crippen molar-refractivity contribution < 1.29 is 9.90 Å². The lowest BCUT2D eigenvalue weighted by molar-refractivity contribution is -0.136. The smallest absolute Gasteiger partial charge is 0.307 e. The number of nitrogens with zero attached hydrogens (tertiary/aromatic N) is 2. The quantitative estimate of drug-likeness (QED) is 0.611. The average molecular weight is 276 g/mol. The van der Waals surface area contributed by atoms with Gasteiger partial charge in [0.05, 0.1) is 23.1 Å². The van der Waals surface area contributed by atoms with E-state index in [4.69, 9.17) is 10.1 Å². The zero-order chi connectivity index (χ0) is 14.4. The van der Waals surface area contributed by atoms with Crippen LogP contribution in [0.2, 0.25) is 0 Å². The fourth-order valence-electron chi connectivity index (χ4n) is 2.79. The van der Waals surface area contributed by atoms with Crippen molar-refractivity contribution in [2.24, 2.45) is 0 Å². The van der Waals surface area contributed by atoms with Crippen molar-refractivity contribution >= 4 is 22.4 Å². The summed E-state index contributed by atoms with van der Waals surface area (Å²) in [6.45, 7) is 0. The van der Waals surface area contributed by atoms with Gasteiger partial charge >= 0.3 is 5.97 Å². The zero-order valence-electron chi connectivity index (χ0n) is 11.2. The van der Waals surface area contributed by atoms with E-state index in [-0.39, 0.29) is 6.42 Å². The van der Waals surface area contributed by atoms with Gasteiger partial charge in [-0.25, -0.2) is 4.98 Å². The molecular formula is C17H12N2O2. The summed E-state index contributed by atoms with van der Waals surface area (Å²) in [5, 5.41) is 10.1. The van der Waals surface area contributed by atoms with Gasteiger partial charge in [0, 0.05) is 23.3 Å². The monoisotopic (exact) mass is 276 g/mol. The zero-order valence-corrected chi connectivity index (χ0v) is 11.2. The number of aromatic nitrogens is 2. The van der Waals surface area contributed by atoms with Gasteiger partial charge < -0.3 is 9.51 Å². The maximum absolute atomic E-state index is 10.9. The molecule has 0 amide bonds. The van der Waals surface area contributed by atoms with E-state index in [0.717, 1.165) is 33.2 Å². The van der Waals surface area contributed by atoms with Crippen LogP contribution in [0, 0.1) is 0 Å². The van der Waals surface area contributed by atoms with E-state index in [1.54, 1.807) is 0 Å². The van der Waals surface area contributed by atoms with Crippen molar-refractivity contribution in [2.45, 2.75) is 6.42 Å². The summed E-state index contributed by atoms with van der Waals surface area (Å²) < 4.78 is 1.97. The molecule has 3 heterocycles. The van der Waals surface area contributed by atoms with E-state index >= 15 is 0 Å². The van der Waals surface area contributed by atoms with E-state index < -0.39 is 5.97 Å². The van der Waals surface area contributed by atoms with Crippen LogP contribution >= 0.6 is 0 Å². The number of hydrogen-bond acceptors (Lipinski definition) is 2. The van der Waals surface area contributed by atoms with Gasteiger partial charge in [0.15, 0.2) is 0 Å². The van der Waals surface area contributed by atoms with Crippen LogP contribution in [-0.2, 0) is 11.2 Å². The number of pyridine rings is 2. The summed E-state index contributed by atoms with van der Waals surface area (Å²) in [5.74, 6) is -0.827. The molecule has 4 heteroatoms. The van der Waals surface area contributed by atoms with Crippen LogP contribution in [0.15, 0.2) is 54.9 Å². The van der Waals surface area contributed by atoms with Gasteiger partial charge in [0.1, 0.15) is 0 Å². The van der Waals surface area contributed by atoms with Gasteiger partial charge in [-0.3, -0.25) is 4.79 Å². The maximum atomic E-state index is 10.9. The van der Waals surface area contributed by atoms with Crippen LogP contribution in [0.1, 0.15) is 5.56 Å². The first kappa shape index (κ1) is 11.9. The molecule has 0 unspecified atom stereocenters. The van der Waals surface area contributed by atoms with Gasteiger partial charge in [-0.15, -0.1) is 0 Å². The highest BCUT2D eigenvalue weighted by Gasteiger charge is 2.15. The molecule has 0 saturated heterocycles. The summed E-state index contributed by atoms with van der Waals surface area (Å²) >= 11 is 0. The summed E-state index contributed by atoms with van der Waals surface area (Å²) in [7, 11) is 0. The van der Waals surface area contributed by atoms with Crippen LogP contribution in [0.3, 0.4) is 0 Å². The molecule has 1 N–H and O–H groups in total. The van der Waals surface area contributed by atoms with Crippen molar-refractivity contribution in [2.75, 3.05) is 0 Å². The van der Waals surface area contributed by atoms with E-state index in [2.05, 4.69) is 12.1 Å². The Kier molecular flexibility index (Phi) is 2.44. The third kappa shape index (κ3) is 1.84. The predicted molar refractivity (Wildman–Crippen MR) is 80.7 cm³/mol. The van der Waals surface area contributed by atoms with E-state index in [0.29, 0.717) is 0 Å². The highest BCUT2D eigenvalue weighted by Crippen LogP contribution is 2.33. The number of benzene rings is 1. The summed E-state index contributed by atoms with van der Waals surface area (Å²) in [6, 6.07) is 13.8. The maximum Gasteiger partial charge on any atom is 0.307 e. The highest BCUT2D eigenvalue weighted by atomic mass is 16.4. The molecule has 2 aliphatic heterocycles. The molecule has 0 aliphatic carbocycles. The van der Waals surface area contributed by atoms with Gasteiger partial charge in [0.25, 0.3) is 0 Å². The molecule has 4 rings (SSSR count). The molecule has 0 spiro atoms. The summed E-state index contributed by atoms with van der Waals surface area (Å²) in [5.41, 5.74) is 4.68. The first-order chi connectivity index (χ1) is 10.2. The summed E-state index contributed by atoms with van der Waals surface area (Å²) in [4.78, 5) is 15.6. The van der Waals surface area contributed by atoms with Gasteiger partial charge in [0.2, 0.25) is 0 Å². The number of hydrogen-bond donors (Lipinski definition) is 1. The molecule has 21 heavy (non-hydrogen) atoms. The Morgan fingerprint density at radius 1 is 1.14 bits per heavy atom. The van der Waals surface area contributed by atoms with Gasteiger partial charge in [-0.2, -0.15) is 0 Å². The number of aliphatic carboxylic acids is 1. The second-order valence-corrected chi connectivity index (χ2v) is 5.10. The van der Waals surface area contributed by atoms with Crippen molar-refractivity contribution in [3.05, 3.63) is 60.4 Å². The second-order valence-electron chi connectivity index (χ2n) is 5.10. The van der Waals surface area contributed by atoms with Gasteiger partial charge in [-0.05, 0) is 29.8 Å². The second kappa shape index (κ2) is 4.31. The first-order valence-corrected chi connectivity index (χ1v) is 6.72. The molecule has 2 aromatic rings. The number of rotatable bonds is 2. The fraction of sp³-hybridized carbons (Fsp3) is 0.0588. The minimum atomic E-state index is -0.827. The van der Waals surface area contributed by atoms with Crippen LogP contribution in [-0.4, -0.2) is 20.5 Å². The minimum Gasteiger partial charge on any atom is -0.481 e. The third-order valence-electron chi connectivity index (χ3n) is 3.73. The molecule has 2 aliphatic rings. The van der Waals surface area contributed by atoms with Gasteiger partial charge in [-0.1, -0.05) is 18.2 Å². The van der Waals surface area contributed by atoms with E-state index in [1.807, 2.05) is 47.1 Å². The number of fused-ring (bicyclic) bond motifs is 5. The van der Waals surface area contributed by atoms with Crippen LogP contribution in [0.4, 0.5) is 0 Å². The molecule has 0 fully saturated rings. The Morgan fingerprint density at radius 2 is 1.95 bits per heavy atom. The molecule has 1 aromatic heterocycles. The molecule has 1 aromatic carbocycles. The topological polar surface area (TPSA) is 54.6 Å². The van der Waals surface area contributed by atoms with E-state index in [9.17, 15) is 4.79 Å². The number of carboxylic acids is 1. The normalized spacial score (nSPS) is 11.4. The van der Waals surface area contributed by atoms with Crippen molar-refractivity contribution in [3.8, 4) is 11.3 Å². The highest BCUT2D eigenvalue weighted by molar-refractivity contribution is 6.01. The Labute approximate surface area is 120 Å². The SMILES string of the molecule is O=C(O)Cc1ccn2ccc3c4ccccc4nc-3c2c1. The molecule has 4 nitrogen and oxygen atoms in total. The number of para-hydroxylation sites is 1. The van der Waals surface area contributed by atoms with Crippen molar-refractivity contribution in [1.29, 1.82) is 0 Å². The summed E-state index contributed by atoms with van der Waals surface area (Å²) in [6.07, 6.45) is 3.88. The van der Waals surface area contributed by atoms with Crippen molar-refractivity contribution in [3.63, 3.8) is 0 Å². The number of carbonyl (C=O) groups is 1. The largest absolute Gasteiger partial charge is 0.481 e. The lowest BCUT2D eigenvalue weighted by Crippen LogP contribution is -2.01. The van der Waals surface area contributed by atoms with Crippen LogP contribution in [0.5, 0.6) is 0 Å². The molecular weight excluding hydrogens is 264 g/mol. The standard InChI is InChI=1S/C17H12N2O2/c20-16(21)10-11-5-7-19-8-6-13-12-3-1-2-4-14(12)18-17(13)15(19)9-11/h1-9H,10H2,(H,20,21). The lowest BCUT2D eigenvalue weighted by Gasteiger charge is -2.08. The molecule has 102 valence electrons. The van der Waals surface area contributed by atoms with Crippen LogP contribution < -0.4 is 0 Å². The predicted octanol–water partition coefficient (Wildman–Crippen LogP) is 3.22. The Hall–Kier alpha value is -2.88.